The third kappa shape index (κ3) is 4.75. The summed E-state index contributed by atoms with van der Waals surface area (Å²) in [7, 11) is 1.62. The van der Waals surface area contributed by atoms with Crippen molar-refractivity contribution in [2.24, 2.45) is 0 Å². The molecule has 1 atom stereocenters. The first-order valence-electron chi connectivity index (χ1n) is 11.2. The fraction of sp³-hybridized carbons (Fsp3) is 0.360. The lowest BCUT2D eigenvalue weighted by atomic mass is 10.1. The standard InChI is InChI=1S/C25H30N4O3S/c1-5-32-24(30)23-22(20-14-19(31-4)9-10-21(20)26-23)27-25(33)28-11-12-29(17(3)15-28)18-8-6-7-16(2)13-18/h6-10,13-14,17,26H,5,11-12,15H2,1-4H3,(H,27,33)/t17-/m1/s1. The van der Waals surface area contributed by atoms with Crippen LogP contribution >= 0.6 is 12.2 Å². The highest BCUT2D eigenvalue weighted by atomic mass is 32.1. The summed E-state index contributed by atoms with van der Waals surface area (Å²) < 4.78 is 10.7. The summed E-state index contributed by atoms with van der Waals surface area (Å²) in [4.78, 5) is 20.4. The average molecular weight is 467 g/mol. The number of aromatic nitrogens is 1. The number of ether oxygens (including phenoxy) is 2. The van der Waals surface area contributed by atoms with Gasteiger partial charge in [-0.3, -0.25) is 0 Å². The van der Waals surface area contributed by atoms with Crippen molar-refractivity contribution < 1.29 is 14.3 Å². The summed E-state index contributed by atoms with van der Waals surface area (Å²) in [6.45, 7) is 8.82. The largest absolute Gasteiger partial charge is 0.497 e. The van der Waals surface area contributed by atoms with Gasteiger partial charge in [0.05, 0.1) is 19.4 Å². The second-order valence-electron chi connectivity index (χ2n) is 8.26. The Kier molecular flexibility index (Phi) is 6.74. The molecule has 2 aromatic carbocycles. The maximum absolute atomic E-state index is 12.6. The van der Waals surface area contributed by atoms with E-state index in [0.717, 1.165) is 30.5 Å². The van der Waals surface area contributed by atoms with Crippen molar-refractivity contribution in [1.29, 1.82) is 0 Å². The van der Waals surface area contributed by atoms with Crippen molar-refractivity contribution in [3.8, 4) is 5.75 Å². The third-order valence-corrected chi connectivity index (χ3v) is 6.33. The van der Waals surface area contributed by atoms with Gasteiger partial charge in [0.2, 0.25) is 0 Å². The van der Waals surface area contributed by atoms with E-state index >= 15 is 0 Å². The molecule has 7 nitrogen and oxygen atoms in total. The van der Waals surface area contributed by atoms with Gasteiger partial charge in [-0.1, -0.05) is 12.1 Å². The predicted octanol–water partition coefficient (Wildman–Crippen LogP) is 4.57. The highest BCUT2D eigenvalue weighted by molar-refractivity contribution is 7.80. The van der Waals surface area contributed by atoms with Crippen LogP contribution in [0.4, 0.5) is 11.4 Å². The number of methoxy groups -OCH3 is 1. The highest BCUT2D eigenvalue weighted by Gasteiger charge is 2.27. The molecule has 0 saturated carbocycles. The van der Waals surface area contributed by atoms with Gasteiger partial charge in [-0.05, 0) is 68.9 Å². The van der Waals surface area contributed by atoms with Crippen molar-refractivity contribution >= 4 is 45.6 Å². The van der Waals surface area contributed by atoms with Crippen LogP contribution in [0.25, 0.3) is 10.9 Å². The lowest BCUT2D eigenvalue weighted by Gasteiger charge is -2.42. The Labute approximate surface area is 199 Å². The van der Waals surface area contributed by atoms with E-state index in [4.69, 9.17) is 21.7 Å². The van der Waals surface area contributed by atoms with Crippen molar-refractivity contribution in [2.45, 2.75) is 26.8 Å². The van der Waals surface area contributed by atoms with Gasteiger partial charge in [-0.2, -0.15) is 0 Å². The first kappa shape index (κ1) is 22.9. The topological polar surface area (TPSA) is 69.8 Å². The van der Waals surface area contributed by atoms with Crippen molar-refractivity contribution in [3.05, 3.63) is 53.7 Å². The fourth-order valence-corrected chi connectivity index (χ4v) is 4.57. The number of anilines is 2. The number of hydrogen-bond acceptors (Lipinski definition) is 5. The quantitative estimate of drug-likeness (QED) is 0.422. The van der Waals surface area contributed by atoms with Crippen LogP contribution in [0.5, 0.6) is 5.75 Å². The Morgan fingerprint density at radius 1 is 1.24 bits per heavy atom. The third-order valence-electron chi connectivity index (χ3n) is 5.97. The van der Waals surface area contributed by atoms with Crippen LogP contribution < -0.4 is 15.0 Å². The molecule has 1 fully saturated rings. The number of aryl methyl sites for hydroxylation is 1. The SMILES string of the molecule is CCOC(=O)c1[nH]c2ccc(OC)cc2c1NC(=S)N1CCN(c2cccc(C)c2)[C@H](C)C1. The number of fused-ring (bicyclic) bond motifs is 1. The number of esters is 1. The Balaban J connectivity index is 1.56. The van der Waals surface area contributed by atoms with Crippen molar-refractivity contribution in [2.75, 3.05) is 43.6 Å². The number of piperazine rings is 1. The first-order valence-corrected chi connectivity index (χ1v) is 11.6. The van der Waals surface area contributed by atoms with Crippen LogP contribution in [-0.2, 0) is 4.74 Å². The molecule has 3 aromatic rings. The Hall–Kier alpha value is -3.26. The summed E-state index contributed by atoms with van der Waals surface area (Å²) in [6.07, 6.45) is 0. The molecule has 1 aliphatic heterocycles. The second-order valence-corrected chi connectivity index (χ2v) is 8.65. The highest BCUT2D eigenvalue weighted by Crippen LogP contribution is 2.32. The number of hydrogen-bond donors (Lipinski definition) is 2. The number of rotatable bonds is 5. The van der Waals surface area contributed by atoms with Crippen LogP contribution in [0.1, 0.15) is 29.9 Å². The first-order chi connectivity index (χ1) is 15.9. The van der Waals surface area contributed by atoms with E-state index in [1.54, 1.807) is 14.0 Å². The lowest BCUT2D eigenvalue weighted by molar-refractivity contribution is 0.0522. The normalized spacial score (nSPS) is 16.1. The van der Waals surface area contributed by atoms with E-state index in [2.05, 4.69) is 58.2 Å². The number of carbonyl (C=O) groups is 1. The summed E-state index contributed by atoms with van der Waals surface area (Å²) in [5, 5.41) is 4.74. The van der Waals surface area contributed by atoms with Crippen LogP contribution in [0.15, 0.2) is 42.5 Å². The molecule has 174 valence electrons. The Bertz CT molecular complexity index is 1180. The molecule has 0 amide bonds. The number of nitrogens with zero attached hydrogens (tertiary/aromatic N) is 2. The average Bonchev–Trinajstić information content (AvgIpc) is 3.16. The molecule has 1 saturated heterocycles. The molecule has 0 radical (unpaired) electrons. The number of nitrogens with one attached hydrogen (secondary N) is 2. The van der Waals surface area contributed by atoms with Crippen LogP contribution in [0.2, 0.25) is 0 Å². The zero-order valence-electron chi connectivity index (χ0n) is 19.5. The van der Waals surface area contributed by atoms with E-state index in [1.165, 1.54) is 11.3 Å². The minimum atomic E-state index is -0.421. The van der Waals surface area contributed by atoms with E-state index in [9.17, 15) is 4.79 Å². The molecule has 0 aliphatic carbocycles. The molecule has 2 heterocycles. The second kappa shape index (κ2) is 9.70. The van der Waals surface area contributed by atoms with Crippen molar-refractivity contribution in [3.63, 3.8) is 0 Å². The summed E-state index contributed by atoms with van der Waals surface area (Å²) in [5.41, 5.74) is 4.26. The summed E-state index contributed by atoms with van der Waals surface area (Å²) in [5.74, 6) is 0.280. The lowest BCUT2D eigenvalue weighted by Crippen LogP contribution is -2.54. The Morgan fingerprint density at radius 2 is 2.06 bits per heavy atom. The van der Waals surface area contributed by atoms with Crippen LogP contribution in [0, 0.1) is 6.92 Å². The van der Waals surface area contributed by atoms with Gasteiger partial charge in [-0.25, -0.2) is 4.79 Å². The zero-order valence-corrected chi connectivity index (χ0v) is 20.3. The van der Waals surface area contributed by atoms with Crippen molar-refractivity contribution in [1.82, 2.24) is 9.88 Å². The molecular formula is C25H30N4O3S. The van der Waals surface area contributed by atoms with Gasteiger partial charge >= 0.3 is 5.97 Å². The van der Waals surface area contributed by atoms with Gasteiger partial charge in [0, 0.05) is 42.3 Å². The molecule has 4 rings (SSSR count). The number of aromatic amines is 1. The molecule has 0 spiro atoms. The van der Waals surface area contributed by atoms with Crippen LogP contribution in [-0.4, -0.2) is 60.4 Å². The number of H-pyrrole nitrogens is 1. The zero-order chi connectivity index (χ0) is 23.5. The minimum absolute atomic E-state index is 0.285. The Morgan fingerprint density at radius 3 is 2.76 bits per heavy atom. The molecule has 33 heavy (non-hydrogen) atoms. The van der Waals surface area contributed by atoms with Gasteiger partial charge in [0.1, 0.15) is 11.4 Å². The molecule has 0 bridgehead atoms. The summed E-state index contributed by atoms with van der Waals surface area (Å²) in [6, 6.07) is 14.5. The van der Waals surface area contributed by atoms with Gasteiger partial charge < -0.3 is 29.6 Å². The van der Waals surface area contributed by atoms with Gasteiger partial charge in [0.15, 0.2) is 5.11 Å². The summed E-state index contributed by atoms with van der Waals surface area (Å²) >= 11 is 5.79. The van der Waals surface area contributed by atoms with Gasteiger partial charge in [-0.15, -0.1) is 0 Å². The maximum Gasteiger partial charge on any atom is 0.356 e. The smallest absolute Gasteiger partial charge is 0.356 e. The number of carbonyl (C=O) groups excluding carboxylic acids is 1. The van der Waals surface area contributed by atoms with Crippen LogP contribution in [0.3, 0.4) is 0 Å². The van der Waals surface area contributed by atoms with Gasteiger partial charge in [0.25, 0.3) is 0 Å². The predicted molar refractivity (Wildman–Crippen MR) is 137 cm³/mol. The minimum Gasteiger partial charge on any atom is -0.497 e. The van der Waals surface area contributed by atoms with E-state index < -0.39 is 5.97 Å². The number of benzene rings is 2. The molecule has 8 heteroatoms. The monoisotopic (exact) mass is 466 g/mol. The molecule has 1 aliphatic rings. The molecule has 1 aromatic heterocycles. The van der Waals surface area contributed by atoms with E-state index in [-0.39, 0.29) is 6.04 Å². The fourth-order valence-electron chi connectivity index (χ4n) is 4.30. The van der Waals surface area contributed by atoms with E-state index in [0.29, 0.717) is 28.9 Å². The molecule has 2 N–H and O–H groups in total. The molecule has 0 unspecified atom stereocenters. The van der Waals surface area contributed by atoms with E-state index in [1.807, 2.05) is 18.2 Å². The number of thiocarbonyl (C=S) groups is 1. The maximum atomic E-state index is 12.6. The molecular weight excluding hydrogens is 436 g/mol.